The van der Waals surface area contributed by atoms with Gasteiger partial charge in [-0.15, -0.1) is 0 Å². The summed E-state index contributed by atoms with van der Waals surface area (Å²) in [6, 6.07) is 9.94. The number of benzene rings is 1. The van der Waals surface area contributed by atoms with Gasteiger partial charge in [0.2, 0.25) is 0 Å². The second kappa shape index (κ2) is 7.93. The number of β-amino-alcohol motifs (C(OH)–C–C–N with tert-alkyl or cyclic N) is 1. The van der Waals surface area contributed by atoms with E-state index in [2.05, 4.69) is 27.0 Å². The molecule has 0 spiro atoms. The van der Waals surface area contributed by atoms with E-state index < -0.39 is 0 Å². The number of rotatable bonds is 6. The van der Waals surface area contributed by atoms with Gasteiger partial charge in [0.15, 0.2) is 0 Å². The average Bonchev–Trinajstić information content (AvgIpc) is 3.04. The highest BCUT2D eigenvalue weighted by Gasteiger charge is 2.19. The first-order chi connectivity index (χ1) is 11.2. The predicted molar refractivity (Wildman–Crippen MR) is 91.4 cm³/mol. The number of nitrogens with zero attached hydrogens (tertiary/aromatic N) is 4. The minimum Gasteiger partial charge on any atom is -0.390 e. The van der Waals surface area contributed by atoms with E-state index in [4.69, 9.17) is 11.6 Å². The Morgan fingerprint density at radius 1 is 1.04 bits per heavy atom. The Bertz CT molecular complexity index is 579. The van der Waals surface area contributed by atoms with Crippen LogP contribution < -0.4 is 0 Å². The first kappa shape index (κ1) is 16.5. The molecule has 1 aliphatic rings. The number of aliphatic hydroxyl groups is 1. The van der Waals surface area contributed by atoms with Crippen LogP contribution in [0.4, 0.5) is 0 Å². The summed E-state index contributed by atoms with van der Waals surface area (Å²) in [4.78, 5) is 4.77. The molecule has 1 N–H and O–H groups in total. The minimum atomic E-state index is -0.377. The van der Waals surface area contributed by atoms with E-state index in [1.165, 1.54) is 5.56 Å². The molecular weight excluding hydrogens is 312 g/mol. The highest BCUT2D eigenvalue weighted by Crippen LogP contribution is 2.13. The van der Waals surface area contributed by atoms with Crippen molar-refractivity contribution in [3.05, 3.63) is 53.3 Å². The van der Waals surface area contributed by atoms with Crippen LogP contribution in [-0.2, 0) is 13.1 Å². The van der Waals surface area contributed by atoms with Gasteiger partial charge in [-0.3, -0.25) is 14.5 Å². The number of halogens is 1. The summed E-state index contributed by atoms with van der Waals surface area (Å²) in [5.74, 6) is 0. The first-order valence-corrected chi connectivity index (χ1v) is 8.41. The summed E-state index contributed by atoms with van der Waals surface area (Å²) in [5, 5.41) is 15.1. The Labute approximate surface area is 142 Å². The number of aliphatic hydroxyl groups excluding tert-OH is 1. The highest BCUT2D eigenvalue weighted by atomic mass is 35.5. The molecule has 1 aromatic heterocycles. The molecule has 0 aliphatic carbocycles. The van der Waals surface area contributed by atoms with E-state index in [1.54, 1.807) is 10.9 Å². The monoisotopic (exact) mass is 334 g/mol. The quantitative estimate of drug-likeness (QED) is 0.873. The molecule has 124 valence electrons. The largest absolute Gasteiger partial charge is 0.390 e. The van der Waals surface area contributed by atoms with Crippen LogP contribution in [0.5, 0.6) is 0 Å². The van der Waals surface area contributed by atoms with Crippen LogP contribution in [0, 0.1) is 0 Å². The zero-order valence-corrected chi connectivity index (χ0v) is 13.9. The SMILES string of the molecule is OC(CN1CCN(Cc2ccc(Cl)cc2)CC1)Cn1cccn1. The maximum absolute atomic E-state index is 10.2. The van der Waals surface area contributed by atoms with Gasteiger partial charge in [0.05, 0.1) is 12.6 Å². The maximum atomic E-state index is 10.2. The van der Waals surface area contributed by atoms with E-state index in [0.717, 1.165) is 37.7 Å². The van der Waals surface area contributed by atoms with Crippen molar-refractivity contribution >= 4 is 11.6 Å². The van der Waals surface area contributed by atoms with Gasteiger partial charge < -0.3 is 5.11 Å². The molecule has 3 rings (SSSR count). The van der Waals surface area contributed by atoms with Crippen molar-refractivity contribution in [1.82, 2.24) is 19.6 Å². The molecule has 0 bridgehead atoms. The van der Waals surface area contributed by atoms with Crippen molar-refractivity contribution in [1.29, 1.82) is 0 Å². The minimum absolute atomic E-state index is 0.377. The lowest BCUT2D eigenvalue weighted by atomic mass is 10.2. The van der Waals surface area contributed by atoms with E-state index in [0.29, 0.717) is 13.1 Å². The molecule has 1 aromatic carbocycles. The Kier molecular flexibility index (Phi) is 5.67. The molecular formula is C17H23ClN4O. The zero-order chi connectivity index (χ0) is 16.1. The van der Waals surface area contributed by atoms with E-state index in [-0.39, 0.29) is 6.10 Å². The van der Waals surface area contributed by atoms with E-state index >= 15 is 0 Å². The lowest BCUT2D eigenvalue weighted by Gasteiger charge is -2.35. The normalized spacial score (nSPS) is 18.2. The van der Waals surface area contributed by atoms with Crippen molar-refractivity contribution in [2.75, 3.05) is 32.7 Å². The van der Waals surface area contributed by atoms with Crippen molar-refractivity contribution in [3.63, 3.8) is 0 Å². The molecule has 5 nitrogen and oxygen atoms in total. The van der Waals surface area contributed by atoms with Crippen molar-refractivity contribution in [2.24, 2.45) is 0 Å². The third-order valence-electron chi connectivity index (χ3n) is 4.21. The Hall–Kier alpha value is -1.40. The molecule has 1 fully saturated rings. The molecule has 0 saturated carbocycles. The van der Waals surface area contributed by atoms with Crippen LogP contribution in [-0.4, -0.2) is 63.5 Å². The van der Waals surface area contributed by atoms with Gasteiger partial charge in [0.25, 0.3) is 0 Å². The van der Waals surface area contributed by atoms with Gasteiger partial charge in [-0.2, -0.15) is 5.10 Å². The molecule has 6 heteroatoms. The lowest BCUT2D eigenvalue weighted by molar-refractivity contribution is 0.0605. The third-order valence-corrected chi connectivity index (χ3v) is 4.46. The van der Waals surface area contributed by atoms with Crippen LogP contribution in [0.25, 0.3) is 0 Å². The van der Waals surface area contributed by atoms with Gasteiger partial charge in [0.1, 0.15) is 0 Å². The fourth-order valence-electron chi connectivity index (χ4n) is 2.96. The summed E-state index contributed by atoms with van der Waals surface area (Å²) < 4.78 is 1.78. The summed E-state index contributed by atoms with van der Waals surface area (Å²) in [6.45, 7) is 6.25. The topological polar surface area (TPSA) is 44.5 Å². The second-order valence-electron chi connectivity index (χ2n) is 6.09. The molecule has 2 heterocycles. The van der Waals surface area contributed by atoms with Crippen molar-refractivity contribution < 1.29 is 5.11 Å². The van der Waals surface area contributed by atoms with Gasteiger partial charge >= 0.3 is 0 Å². The molecule has 23 heavy (non-hydrogen) atoms. The molecule has 2 aromatic rings. The Morgan fingerprint density at radius 3 is 2.39 bits per heavy atom. The molecule has 1 saturated heterocycles. The number of hydrogen-bond acceptors (Lipinski definition) is 4. The van der Waals surface area contributed by atoms with Gasteiger partial charge in [-0.1, -0.05) is 23.7 Å². The lowest BCUT2D eigenvalue weighted by Crippen LogP contribution is -2.48. The summed E-state index contributed by atoms with van der Waals surface area (Å²) in [6.07, 6.45) is 3.24. The van der Waals surface area contributed by atoms with Crippen molar-refractivity contribution in [2.45, 2.75) is 19.2 Å². The molecule has 0 radical (unpaired) electrons. The standard InChI is InChI=1S/C17H23ClN4O/c18-16-4-2-15(3-5-16)12-20-8-10-21(11-9-20)13-17(23)14-22-7-1-6-19-22/h1-7,17,23H,8-14H2. The highest BCUT2D eigenvalue weighted by molar-refractivity contribution is 6.30. The number of aromatic nitrogens is 2. The van der Waals surface area contributed by atoms with Gasteiger partial charge in [-0.05, 0) is 23.8 Å². The summed E-state index contributed by atoms with van der Waals surface area (Å²) >= 11 is 5.92. The summed E-state index contributed by atoms with van der Waals surface area (Å²) in [5.41, 5.74) is 1.29. The Morgan fingerprint density at radius 2 is 1.74 bits per heavy atom. The van der Waals surface area contributed by atoms with Gasteiger partial charge in [-0.25, -0.2) is 0 Å². The van der Waals surface area contributed by atoms with Crippen LogP contribution in [0.15, 0.2) is 42.7 Å². The third kappa shape index (κ3) is 5.04. The Balaban J connectivity index is 1.40. The summed E-state index contributed by atoms with van der Waals surface area (Å²) in [7, 11) is 0. The first-order valence-electron chi connectivity index (χ1n) is 8.04. The fourth-order valence-corrected chi connectivity index (χ4v) is 3.08. The zero-order valence-electron chi connectivity index (χ0n) is 13.2. The number of piperazine rings is 1. The van der Waals surface area contributed by atoms with E-state index in [9.17, 15) is 5.11 Å². The van der Waals surface area contributed by atoms with E-state index in [1.807, 2.05) is 24.4 Å². The predicted octanol–water partition coefficient (Wildman–Crippen LogP) is 1.72. The van der Waals surface area contributed by atoms with Crippen LogP contribution >= 0.6 is 11.6 Å². The molecule has 1 atom stereocenters. The van der Waals surface area contributed by atoms with Gasteiger partial charge in [0, 0.05) is 56.7 Å². The van der Waals surface area contributed by atoms with Crippen LogP contribution in [0.3, 0.4) is 0 Å². The van der Waals surface area contributed by atoms with Crippen molar-refractivity contribution in [3.8, 4) is 0 Å². The molecule has 0 amide bonds. The van der Waals surface area contributed by atoms with Crippen LogP contribution in [0.1, 0.15) is 5.56 Å². The second-order valence-corrected chi connectivity index (χ2v) is 6.52. The smallest absolute Gasteiger partial charge is 0.0862 e. The molecule has 1 aliphatic heterocycles. The number of hydrogen-bond donors (Lipinski definition) is 1. The fraction of sp³-hybridized carbons (Fsp3) is 0.471. The maximum Gasteiger partial charge on any atom is 0.0862 e. The molecule has 1 unspecified atom stereocenters. The van der Waals surface area contributed by atoms with Crippen LogP contribution in [0.2, 0.25) is 5.02 Å². The average molecular weight is 335 g/mol.